The molecule has 2 saturated carbocycles. The fraction of sp³-hybridized carbons (Fsp3) is 0.588. The molecule has 2 fully saturated rings. The van der Waals surface area contributed by atoms with Gasteiger partial charge in [0, 0.05) is 18.5 Å². The average molecular weight is 270 g/mol. The highest BCUT2D eigenvalue weighted by atomic mass is 16.2. The van der Waals surface area contributed by atoms with Crippen LogP contribution in [0.2, 0.25) is 0 Å². The van der Waals surface area contributed by atoms with E-state index in [-0.39, 0.29) is 17.9 Å². The van der Waals surface area contributed by atoms with Crippen LogP contribution in [0.1, 0.15) is 36.3 Å². The summed E-state index contributed by atoms with van der Waals surface area (Å²) in [4.78, 5) is 12.4. The molecule has 4 rings (SSSR count). The van der Waals surface area contributed by atoms with Crippen molar-refractivity contribution in [3.8, 4) is 0 Å². The summed E-state index contributed by atoms with van der Waals surface area (Å²) in [6, 6.07) is 8.77. The van der Waals surface area contributed by atoms with Crippen molar-refractivity contribution in [2.45, 2.75) is 37.6 Å². The fourth-order valence-corrected chi connectivity index (χ4v) is 3.95. The first-order valence-corrected chi connectivity index (χ1v) is 7.87. The smallest absolute Gasteiger partial charge is 0.224 e. The predicted octanol–water partition coefficient (Wildman–Crippen LogP) is 1.82. The third kappa shape index (κ3) is 2.05. The number of aryl methyl sites for hydroxylation is 1. The lowest BCUT2D eigenvalue weighted by Crippen LogP contribution is -2.39. The van der Waals surface area contributed by atoms with Gasteiger partial charge in [-0.25, -0.2) is 0 Å². The highest BCUT2D eigenvalue weighted by molar-refractivity contribution is 5.84. The molecule has 3 N–H and O–H groups in total. The topological polar surface area (TPSA) is 55.1 Å². The SMILES string of the molecule is NC(CNC(=O)C1C2CCc3ccccc3C21)C1CC1. The zero-order chi connectivity index (χ0) is 13.7. The number of rotatable bonds is 4. The first kappa shape index (κ1) is 12.4. The van der Waals surface area contributed by atoms with E-state index in [1.165, 1.54) is 24.0 Å². The summed E-state index contributed by atoms with van der Waals surface area (Å²) in [6.45, 7) is 0.654. The molecule has 3 aliphatic carbocycles. The number of hydrogen-bond acceptors (Lipinski definition) is 2. The number of carbonyl (C=O) groups is 1. The summed E-state index contributed by atoms with van der Waals surface area (Å²) < 4.78 is 0. The largest absolute Gasteiger partial charge is 0.354 e. The van der Waals surface area contributed by atoms with E-state index in [9.17, 15) is 4.79 Å². The minimum absolute atomic E-state index is 0.159. The first-order chi connectivity index (χ1) is 9.75. The van der Waals surface area contributed by atoms with E-state index in [4.69, 9.17) is 5.73 Å². The Bertz CT molecular complexity index is 538. The van der Waals surface area contributed by atoms with Crippen LogP contribution in [0.15, 0.2) is 24.3 Å². The molecule has 0 aromatic heterocycles. The lowest BCUT2D eigenvalue weighted by atomic mass is 9.92. The molecule has 3 aliphatic rings. The summed E-state index contributed by atoms with van der Waals surface area (Å²) >= 11 is 0. The predicted molar refractivity (Wildman–Crippen MR) is 78.2 cm³/mol. The Morgan fingerprint density at radius 2 is 2.10 bits per heavy atom. The first-order valence-electron chi connectivity index (χ1n) is 7.87. The Morgan fingerprint density at radius 1 is 1.30 bits per heavy atom. The molecule has 0 saturated heterocycles. The number of fused-ring (bicyclic) bond motifs is 3. The minimum Gasteiger partial charge on any atom is -0.354 e. The molecule has 1 amide bonds. The van der Waals surface area contributed by atoms with Gasteiger partial charge in [-0.1, -0.05) is 24.3 Å². The average Bonchev–Trinajstić information content (AvgIpc) is 3.37. The number of benzene rings is 1. The van der Waals surface area contributed by atoms with Crippen LogP contribution >= 0.6 is 0 Å². The van der Waals surface area contributed by atoms with Crippen molar-refractivity contribution in [2.24, 2.45) is 23.5 Å². The summed E-state index contributed by atoms with van der Waals surface area (Å²) in [7, 11) is 0. The Labute approximate surface area is 119 Å². The highest BCUT2D eigenvalue weighted by Gasteiger charge is 2.56. The molecule has 4 atom stereocenters. The second-order valence-electron chi connectivity index (χ2n) is 6.70. The highest BCUT2D eigenvalue weighted by Crippen LogP contribution is 2.59. The van der Waals surface area contributed by atoms with Gasteiger partial charge in [-0.3, -0.25) is 4.79 Å². The molecule has 4 unspecified atom stereocenters. The Balaban J connectivity index is 1.40. The van der Waals surface area contributed by atoms with Gasteiger partial charge in [-0.05, 0) is 54.6 Å². The number of hydrogen-bond donors (Lipinski definition) is 2. The lowest BCUT2D eigenvalue weighted by molar-refractivity contribution is -0.122. The summed E-state index contributed by atoms with van der Waals surface area (Å²) in [5.41, 5.74) is 8.91. The third-order valence-electron chi connectivity index (χ3n) is 5.37. The maximum atomic E-state index is 12.4. The van der Waals surface area contributed by atoms with Crippen molar-refractivity contribution in [2.75, 3.05) is 6.54 Å². The van der Waals surface area contributed by atoms with Crippen molar-refractivity contribution >= 4 is 5.91 Å². The van der Waals surface area contributed by atoms with Gasteiger partial charge in [0.15, 0.2) is 0 Å². The van der Waals surface area contributed by atoms with Crippen LogP contribution in [-0.2, 0) is 11.2 Å². The number of nitrogens with one attached hydrogen (secondary N) is 1. The molecule has 1 aromatic carbocycles. The molecular weight excluding hydrogens is 248 g/mol. The van der Waals surface area contributed by atoms with Gasteiger partial charge in [0.05, 0.1) is 0 Å². The Morgan fingerprint density at radius 3 is 2.90 bits per heavy atom. The molecule has 0 heterocycles. The Hall–Kier alpha value is -1.35. The van der Waals surface area contributed by atoms with Crippen LogP contribution in [0.4, 0.5) is 0 Å². The lowest BCUT2D eigenvalue weighted by Gasteiger charge is -2.13. The van der Waals surface area contributed by atoms with E-state index >= 15 is 0 Å². The van der Waals surface area contributed by atoms with Crippen LogP contribution in [0.3, 0.4) is 0 Å². The van der Waals surface area contributed by atoms with Gasteiger partial charge in [-0.2, -0.15) is 0 Å². The third-order valence-corrected chi connectivity index (χ3v) is 5.37. The van der Waals surface area contributed by atoms with E-state index in [1.807, 2.05) is 0 Å². The van der Waals surface area contributed by atoms with E-state index in [1.54, 1.807) is 0 Å². The van der Waals surface area contributed by atoms with Crippen molar-refractivity contribution in [1.29, 1.82) is 0 Å². The molecule has 0 bridgehead atoms. The van der Waals surface area contributed by atoms with Crippen LogP contribution in [-0.4, -0.2) is 18.5 Å². The Kier molecular flexibility index (Phi) is 2.84. The maximum absolute atomic E-state index is 12.4. The van der Waals surface area contributed by atoms with E-state index in [2.05, 4.69) is 29.6 Å². The standard InChI is InChI=1S/C17H22N2O/c18-14(11-5-6-11)9-19-17(20)16-13-8-7-10-3-1-2-4-12(10)15(13)16/h1-4,11,13-16H,5-9,18H2,(H,19,20). The fourth-order valence-electron chi connectivity index (χ4n) is 3.95. The number of carbonyl (C=O) groups excluding carboxylic acids is 1. The number of nitrogens with two attached hydrogens (primary N) is 1. The zero-order valence-corrected chi connectivity index (χ0v) is 11.7. The molecule has 3 heteroatoms. The van der Waals surface area contributed by atoms with Gasteiger partial charge in [-0.15, -0.1) is 0 Å². The molecule has 0 spiro atoms. The van der Waals surface area contributed by atoms with Crippen LogP contribution in [0.5, 0.6) is 0 Å². The van der Waals surface area contributed by atoms with Crippen molar-refractivity contribution in [3.63, 3.8) is 0 Å². The summed E-state index contributed by atoms with van der Waals surface area (Å²) in [5.74, 6) is 2.12. The van der Waals surface area contributed by atoms with Gasteiger partial charge in [0.2, 0.25) is 5.91 Å². The van der Waals surface area contributed by atoms with Crippen LogP contribution in [0, 0.1) is 17.8 Å². The van der Waals surface area contributed by atoms with Gasteiger partial charge < -0.3 is 11.1 Å². The number of amides is 1. The van der Waals surface area contributed by atoms with Gasteiger partial charge in [0.1, 0.15) is 0 Å². The van der Waals surface area contributed by atoms with Crippen molar-refractivity contribution < 1.29 is 4.79 Å². The molecule has 0 radical (unpaired) electrons. The second-order valence-corrected chi connectivity index (χ2v) is 6.70. The molecule has 0 aliphatic heterocycles. The zero-order valence-electron chi connectivity index (χ0n) is 11.7. The molecule has 20 heavy (non-hydrogen) atoms. The molecule has 106 valence electrons. The minimum atomic E-state index is 0.159. The van der Waals surface area contributed by atoms with E-state index in [0.717, 1.165) is 12.8 Å². The maximum Gasteiger partial charge on any atom is 0.224 e. The molecule has 1 aromatic rings. The van der Waals surface area contributed by atoms with Crippen LogP contribution < -0.4 is 11.1 Å². The summed E-state index contributed by atoms with van der Waals surface area (Å²) in [5, 5.41) is 3.09. The van der Waals surface area contributed by atoms with E-state index in [0.29, 0.717) is 24.3 Å². The normalized spacial score (nSPS) is 31.9. The van der Waals surface area contributed by atoms with Crippen molar-refractivity contribution in [3.05, 3.63) is 35.4 Å². The second kappa shape index (κ2) is 4.59. The summed E-state index contributed by atoms with van der Waals surface area (Å²) in [6.07, 6.45) is 4.76. The van der Waals surface area contributed by atoms with Gasteiger partial charge >= 0.3 is 0 Å². The molecule has 3 nitrogen and oxygen atoms in total. The molecular formula is C17H22N2O. The monoisotopic (exact) mass is 270 g/mol. The van der Waals surface area contributed by atoms with Gasteiger partial charge in [0.25, 0.3) is 0 Å². The van der Waals surface area contributed by atoms with E-state index < -0.39 is 0 Å². The van der Waals surface area contributed by atoms with Crippen LogP contribution in [0.25, 0.3) is 0 Å². The van der Waals surface area contributed by atoms with Crippen molar-refractivity contribution in [1.82, 2.24) is 5.32 Å². The quantitative estimate of drug-likeness (QED) is 0.877.